The van der Waals surface area contributed by atoms with Gasteiger partial charge in [-0.3, -0.25) is 14.3 Å². The summed E-state index contributed by atoms with van der Waals surface area (Å²) in [6.07, 6.45) is -0.831. The normalized spacial score (nSPS) is 12.1. The van der Waals surface area contributed by atoms with Gasteiger partial charge in [0.05, 0.1) is 18.2 Å². The number of alkyl halides is 1. The Bertz CT molecular complexity index is 1050. The summed E-state index contributed by atoms with van der Waals surface area (Å²) in [6.45, 7) is 1.06. The Kier molecular flexibility index (Phi) is 8.01. The van der Waals surface area contributed by atoms with E-state index < -0.39 is 24.0 Å². The van der Waals surface area contributed by atoms with Crippen molar-refractivity contribution in [3.63, 3.8) is 0 Å². The van der Waals surface area contributed by atoms with E-state index in [0.717, 1.165) is 10.5 Å². The first-order valence-electron chi connectivity index (χ1n) is 9.44. The maximum atomic E-state index is 13.4. The van der Waals surface area contributed by atoms with Crippen LogP contribution < -0.4 is 11.2 Å². The van der Waals surface area contributed by atoms with Crippen LogP contribution in [0.5, 0.6) is 0 Å². The number of benzene rings is 2. The van der Waals surface area contributed by atoms with Gasteiger partial charge in [-0.2, -0.15) is 0 Å². The SMILES string of the molecule is Cc1c(Sc2ccccc2)n(COC(CF)COCc2ccccc2)c(=O)[nH]c1=O. The standard InChI is InChI=1S/C22H23FN2O4S/c1-16-20(26)24-22(27)25(21(16)30-19-10-6-3-7-11-19)15-29-18(12-23)14-28-13-17-8-4-2-5-9-17/h2-11,18H,12-15H2,1H3,(H,24,26,27). The number of rotatable bonds is 10. The molecule has 0 aliphatic rings. The number of hydrogen-bond acceptors (Lipinski definition) is 5. The highest BCUT2D eigenvalue weighted by molar-refractivity contribution is 7.99. The van der Waals surface area contributed by atoms with Crippen LogP contribution >= 0.6 is 11.8 Å². The van der Waals surface area contributed by atoms with E-state index in [-0.39, 0.29) is 13.3 Å². The molecule has 0 aliphatic heterocycles. The Labute approximate surface area is 177 Å². The molecular formula is C22H23FN2O4S. The first kappa shape index (κ1) is 22.0. The van der Waals surface area contributed by atoms with Crippen LogP contribution in [0.3, 0.4) is 0 Å². The molecule has 158 valence electrons. The summed E-state index contributed by atoms with van der Waals surface area (Å²) in [6, 6.07) is 18.9. The van der Waals surface area contributed by atoms with E-state index in [1.165, 1.54) is 16.3 Å². The number of ether oxygens (including phenoxy) is 2. The minimum atomic E-state index is -0.831. The highest BCUT2D eigenvalue weighted by atomic mass is 32.2. The van der Waals surface area contributed by atoms with E-state index in [1.54, 1.807) is 6.92 Å². The fraction of sp³-hybridized carbons (Fsp3) is 0.273. The zero-order chi connectivity index (χ0) is 21.3. The topological polar surface area (TPSA) is 73.3 Å². The van der Waals surface area contributed by atoms with Crippen LogP contribution in [0.25, 0.3) is 0 Å². The van der Waals surface area contributed by atoms with Crippen LogP contribution in [-0.2, 0) is 22.8 Å². The average Bonchev–Trinajstić information content (AvgIpc) is 2.77. The predicted molar refractivity (Wildman–Crippen MR) is 114 cm³/mol. The lowest BCUT2D eigenvalue weighted by molar-refractivity contribution is -0.0614. The molecule has 8 heteroatoms. The Morgan fingerprint density at radius 2 is 1.73 bits per heavy atom. The second-order valence-electron chi connectivity index (χ2n) is 6.61. The van der Waals surface area contributed by atoms with Crippen LogP contribution in [0.15, 0.2) is 80.2 Å². The lowest BCUT2D eigenvalue weighted by Gasteiger charge is -2.18. The smallest absolute Gasteiger partial charge is 0.331 e. The van der Waals surface area contributed by atoms with E-state index in [9.17, 15) is 14.0 Å². The van der Waals surface area contributed by atoms with Crippen molar-refractivity contribution in [3.05, 3.63) is 92.6 Å². The van der Waals surface area contributed by atoms with Gasteiger partial charge >= 0.3 is 5.69 Å². The predicted octanol–water partition coefficient (Wildman–Crippen LogP) is 3.53. The summed E-state index contributed by atoms with van der Waals surface area (Å²) in [5.41, 5.74) is 0.308. The molecule has 0 aliphatic carbocycles. The maximum absolute atomic E-state index is 13.4. The third-order valence-electron chi connectivity index (χ3n) is 4.36. The Balaban J connectivity index is 1.69. The van der Waals surface area contributed by atoms with Gasteiger partial charge in [-0.25, -0.2) is 9.18 Å². The lowest BCUT2D eigenvalue weighted by atomic mass is 10.2. The van der Waals surface area contributed by atoms with Crippen molar-refractivity contribution in [2.45, 2.75) is 36.3 Å². The van der Waals surface area contributed by atoms with Crippen LogP contribution in [0.1, 0.15) is 11.1 Å². The summed E-state index contributed by atoms with van der Waals surface area (Å²) in [5.74, 6) is 0. The number of aromatic amines is 1. The zero-order valence-electron chi connectivity index (χ0n) is 16.5. The third kappa shape index (κ3) is 5.91. The van der Waals surface area contributed by atoms with Gasteiger partial charge < -0.3 is 9.47 Å². The van der Waals surface area contributed by atoms with E-state index in [0.29, 0.717) is 17.2 Å². The number of nitrogens with one attached hydrogen (secondary N) is 1. The molecule has 0 fully saturated rings. The zero-order valence-corrected chi connectivity index (χ0v) is 17.4. The van der Waals surface area contributed by atoms with E-state index in [1.807, 2.05) is 60.7 Å². The van der Waals surface area contributed by atoms with Gasteiger partial charge in [0.1, 0.15) is 19.5 Å². The van der Waals surface area contributed by atoms with Crippen molar-refractivity contribution in [1.82, 2.24) is 9.55 Å². The van der Waals surface area contributed by atoms with Gasteiger partial charge in [0.25, 0.3) is 5.56 Å². The summed E-state index contributed by atoms with van der Waals surface area (Å²) < 4.78 is 25.9. The fourth-order valence-electron chi connectivity index (χ4n) is 2.70. The van der Waals surface area contributed by atoms with Gasteiger partial charge in [-0.05, 0) is 24.6 Å². The van der Waals surface area contributed by atoms with Gasteiger partial charge in [0.15, 0.2) is 0 Å². The molecule has 3 rings (SSSR count). The second kappa shape index (κ2) is 10.9. The monoisotopic (exact) mass is 430 g/mol. The van der Waals surface area contributed by atoms with Gasteiger partial charge in [0.2, 0.25) is 0 Å². The number of H-pyrrole nitrogens is 1. The molecule has 1 aromatic heterocycles. The summed E-state index contributed by atoms with van der Waals surface area (Å²) in [5, 5.41) is 0.456. The first-order valence-corrected chi connectivity index (χ1v) is 10.3. The van der Waals surface area contributed by atoms with Crippen LogP contribution in [0.2, 0.25) is 0 Å². The van der Waals surface area contributed by atoms with Gasteiger partial charge in [-0.15, -0.1) is 0 Å². The number of aromatic nitrogens is 2. The quantitative estimate of drug-likeness (QED) is 0.498. The number of halogens is 1. The largest absolute Gasteiger partial charge is 0.374 e. The van der Waals surface area contributed by atoms with Crippen molar-refractivity contribution in [2.75, 3.05) is 13.3 Å². The summed E-state index contributed by atoms with van der Waals surface area (Å²) >= 11 is 1.28. The molecule has 1 atom stereocenters. The minimum Gasteiger partial charge on any atom is -0.374 e. The van der Waals surface area contributed by atoms with Crippen molar-refractivity contribution in [2.24, 2.45) is 0 Å². The van der Waals surface area contributed by atoms with Crippen molar-refractivity contribution in [1.29, 1.82) is 0 Å². The van der Waals surface area contributed by atoms with Crippen LogP contribution in [-0.4, -0.2) is 28.9 Å². The Morgan fingerprint density at radius 3 is 2.40 bits per heavy atom. The molecular weight excluding hydrogens is 407 g/mol. The minimum absolute atomic E-state index is 0.0453. The molecule has 0 spiro atoms. The molecule has 0 bridgehead atoms. The molecule has 1 unspecified atom stereocenters. The average molecular weight is 431 g/mol. The molecule has 0 saturated carbocycles. The highest BCUT2D eigenvalue weighted by Crippen LogP contribution is 2.27. The van der Waals surface area contributed by atoms with E-state index in [2.05, 4.69) is 4.98 Å². The maximum Gasteiger partial charge on any atom is 0.331 e. The van der Waals surface area contributed by atoms with E-state index >= 15 is 0 Å². The molecule has 1 N–H and O–H groups in total. The van der Waals surface area contributed by atoms with Crippen LogP contribution in [0.4, 0.5) is 4.39 Å². The van der Waals surface area contributed by atoms with Gasteiger partial charge in [-0.1, -0.05) is 60.3 Å². The molecule has 1 heterocycles. The van der Waals surface area contributed by atoms with Gasteiger partial charge in [0, 0.05) is 10.5 Å². The summed E-state index contributed by atoms with van der Waals surface area (Å²) in [4.78, 5) is 27.6. The molecule has 0 amide bonds. The molecule has 0 saturated heterocycles. The number of hydrogen-bond donors (Lipinski definition) is 1. The third-order valence-corrected chi connectivity index (χ3v) is 5.58. The van der Waals surface area contributed by atoms with Crippen molar-refractivity contribution >= 4 is 11.8 Å². The molecule has 6 nitrogen and oxygen atoms in total. The molecule has 0 radical (unpaired) electrons. The second-order valence-corrected chi connectivity index (χ2v) is 7.67. The summed E-state index contributed by atoms with van der Waals surface area (Å²) in [7, 11) is 0. The molecule has 30 heavy (non-hydrogen) atoms. The molecule has 3 aromatic rings. The Morgan fingerprint density at radius 1 is 1.07 bits per heavy atom. The molecule has 2 aromatic carbocycles. The van der Waals surface area contributed by atoms with E-state index in [4.69, 9.17) is 9.47 Å². The van der Waals surface area contributed by atoms with Crippen molar-refractivity contribution in [3.8, 4) is 0 Å². The fourth-order valence-corrected chi connectivity index (χ4v) is 3.71. The Hall–Kier alpha value is -2.68. The van der Waals surface area contributed by atoms with Crippen LogP contribution in [0, 0.1) is 6.92 Å². The lowest BCUT2D eigenvalue weighted by Crippen LogP contribution is -2.35. The number of nitrogens with zero attached hydrogens (tertiary/aromatic N) is 1. The highest BCUT2D eigenvalue weighted by Gasteiger charge is 2.16. The van der Waals surface area contributed by atoms with Crippen molar-refractivity contribution < 1.29 is 13.9 Å². The first-order chi connectivity index (χ1) is 14.6.